The van der Waals surface area contributed by atoms with E-state index in [-0.39, 0.29) is 0 Å². The number of rotatable bonds is 7. The highest BCUT2D eigenvalue weighted by Crippen LogP contribution is 2.35. The van der Waals surface area contributed by atoms with Gasteiger partial charge < -0.3 is 15.2 Å². The summed E-state index contributed by atoms with van der Waals surface area (Å²) < 4.78 is 6.90. The van der Waals surface area contributed by atoms with E-state index in [4.69, 9.17) is 9.84 Å². The number of halogens is 2. The molecule has 0 bridgehead atoms. The lowest BCUT2D eigenvalue weighted by molar-refractivity contribution is -0.144. The van der Waals surface area contributed by atoms with Crippen LogP contribution in [0.25, 0.3) is 0 Å². The number of hydrogen-bond donors (Lipinski definition) is 2. The molecule has 1 atom stereocenters. The van der Waals surface area contributed by atoms with Crippen molar-refractivity contribution in [2.45, 2.75) is 33.4 Å². The van der Waals surface area contributed by atoms with E-state index in [0.717, 1.165) is 27.6 Å². The van der Waals surface area contributed by atoms with Crippen molar-refractivity contribution < 1.29 is 14.6 Å². The fourth-order valence-electron chi connectivity index (χ4n) is 1.56. The third-order valence-corrected chi connectivity index (χ3v) is 3.76. The first-order valence-electron chi connectivity index (χ1n) is 6.39. The van der Waals surface area contributed by atoms with Crippen molar-refractivity contribution in [2.75, 3.05) is 6.54 Å². The molecule has 0 saturated heterocycles. The number of aliphatic carboxylic acids is 1. The molecule has 0 fully saturated rings. The van der Waals surface area contributed by atoms with Gasteiger partial charge in [-0.3, -0.25) is 0 Å². The van der Waals surface area contributed by atoms with E-state index in [0.29, 0.717) is 11.7 Å². The third-order valence-electron chi connectivity index (χ3n) is 2.58. The molecule has 1 unspecified atom stereocenters. The highest BCUT2D eigenvalue weighted by Gasteiger charge is 2.17. The van der Waals surface area contributed by atoms with Gasteiger partial charge in [-0.2, -0.15) is 0 Å². The van der Waals surface area contributed by atoms with Crippen LogP contribution in [0.1, 0.15) is 26.3 Å². The Morgan fingerprint density at radius 1 is 1.30 bits per heavy atom. The summed E-state index contributed by atoms with van der Waals surface area (Å²) in [6.45, 7) is 7.51. The van der Waals surface area contributed by atoms with Crippen LogP contribution in [0.2, 0.25) is 0 Å². The lowest BCUT2D eigenvalue weighted by Gasteiger charge is -2.15. The molecule has 6 heteroatoms. The van der Waals surface area contributed by atoms with Crippen LogP contribution in [0.15, 0.2) is 21.1 Å². The average Bonchev–Trinajstić information content (AvgIpc) is 2.32. The Bertz CT molecular complexity index is 454. The second kappa shape index (κ2) is 8.00. The van der Waals surface area contributed by atoms with Crippen molar-refractivity contribution in [3.05, 3.63) is 26.6 Å². The molecule has 0 aliphatic rings. The summed E-state index contributed by atoms with van der Waals surface area (Å²) in [5.41, 5.74) is 1.10. The third kappa shape index (κ3) is 5.42. The predicted molar refractivity (Wildman–Crippen MR) is 86.1 cm³/mol. The molecular weight excluding hydrogens is 390 g/mol. The van der Waals surface area contributed by atoms with Gasteiger partial charge >= 0.3 is 5.97 Å². The molecule has 0 heterocycles. The molecule has 2 N–H and O–H groups in total. The highest BCUT2D eigenvalue weighted by molar-refractivity contribution is 9.11. The smallest absolute Gasteiger partial charge is 0.344 e. The molecule has 0 aliphatic carbocycles. The van der Waals surface area contributed by atoms with Gasteiger partial charge in [-0.1, -0.05) is 13.8 Å². The Morgan fingerprint density at radius 3 is 2.30 bits per heavy atom. The van der Waals surface area contributed by atoms with Gasteiger partial charge in [0.15, 0.2) is 6.10 Å². The topological polar surface area (TPSA) is 58.6 Å². The van der Waals surface area contributed by atoms with Crippen LogP contribution < -0.4 is 10.1 Å². The molecule has 0 spiro atoms. The summed E-state index contributed by atoms with van der Waals surface area (Å²) in [7, 11) is 0. The van der Waals surface area contributed by atoms with E-state index in [1.54, 1.807) is 0 Å². The Labute approximate surface area is 136 Å². The van der Waals surface area contributed by atoms with Gasteiger partial charge in [0.05, 0.1) is 8.95 Å². The molecule has 0 saturated carbocycles. The maximum Gasteiger partial charge on any atom is 0.344 e. The maximum absolute atomic E-state index is 10.8. The van der Waals surface area contributed by atoms with E-state index < -0.39 is 12.1 Å². The first kappa shape index (κ1) is 17.5. The number of nitrogens with one attached hydrogen (secondary N) is 1. The largest absolute Gasteiger partial charge is 0.479 e. The fraction of sp³-hybridized carbons (Fsp3) is 0.500. The minimum absolute atomic E-state index is 0.507. The second-order valence-corrected chi connectivity index (χ2v) is 6.72. The highest BCUT2D eigenvalue weighted by atomic mass is 79.9. The van der Waals surface area contributed by atoms with Crippen LogP contribution in [0.4, 0.5) is 0 Å². The van der Waals surface area contributed by atoms with Crippen LogP contribution in [0.3, 0.4) is 0 Å². The van der Waals surface area contributed by atoms with Gasteiger partial charge in [-0.15, -0.1) is 0 Å². The average molecular weight is 409 g/mol. The standard InChI is InChI=1S/C14H19Br2NO3/c1-8(2)6-17-7-10-4-11(15)13(12(16)5-10)20-9(3)14(18)19/h4-5,8-9,17H,6-7H2,1-3H3,(H,18,19). The molecule has 1 aromatic carbocycles. The summed E-state index contributed by atoms with van der Waals surface area (Å²) in [6.07, 6.45) is -0.896. The molecule has 0 aromatic heterocycles. The van der Waals surface area contributed by atoms with Crippen molar-refractivity contribution in [1.82, 2.24) is 5.32 Å². The minimum Gasteiger partial charge on any atom is -0.479 e. The molecule has 112 valence electrons. The molecule has 0 amide bonds. The monoisotopic (exact) mass is 407 g/mol. The number of ether oxygens (including phenoxy) is 1. The minimum atomic E-state index is -0.994. The number of hydrogen-bond acceptors (Lipinski definition) is 3. The summed E-state index contributed by atoms with van der Waals surface area (Å²) in [6, 6.07) is 3.87. The Hall–Kier alpha value is -0.590. The van der Waals surface area contributed by atoms with Gasteiger partial charge in [-0.25, -0.2) is 4.79 Å². The number of carboxylic acid groups (broad SMARTS) is 1. The molecular formula is C14H19Br2NO3. The summed E-state index contributed by atoms with van der Waals surface area (Å²) >= 11 is 6.84. The number of carbonyl (C=O) groups is 1. The second-order valence-electron chi connectivity index (χ2n) is 5.01. The zero-order chi connectivity index (χ0) is 15.3. The van der Waals surface area contributed by atoms with Crippen LogP contribution >= 0.6 is 31.9 Å². The van der Waals surface area contributed by atoms with Crippen molar-refractivity contribution in [1.29, 1.82) is 0 Å². The first-order valence-corrected chi connectivity index (χ1v) is 7.98. The van der Waals surface area contributed by atoms with Gasteiger partial charge in [0.2, 0.25) is 0 Å². The summed E-state index contributed by atoms with van der Waals surface area (Å²) in [5, 5.41) is 12.2. The Kier molecular flexibility index (Phi) is 6.99. The summed E-state index contributed by atoms with van der Waals surface area (Å²) in [5.74, 6) is 0.111. The quantitative estimate of drug-likeness (QED) is 0.720. The van der Waals surface area contributed by atoms with Crippen molar-refractivity contribution in [3.8, 4) is 5.75 Å². The van der Waals surface area contributed by atoms with Crippen LogP contribution in [-0.4, -0.2) is 23.7 Å². The summed E-state index contributed by atoms with van der Waals surface area (Å²) in [4.78, 5) is 10.8. The lowest BCUT2D eigenvalue weighted by atomic mass is 10.2. The predicted octanol–water partition coefficient (Wildman–Crippen LogP) is 3.81. The van der Waals surface area contributed by atoms with Crippen LogP contribution in [-0.2, 0) is 11.3 Å². The zero-order valence-electron chi connectivity index (χ0n) is 11.7. The molecule has 4 nitrogen and oxygen atoms in total. The molecule has 0 aliphatic heterocycles. The van der Waals surface area contributed by atoms with E-state index >= 15 is 0 Å². The van der Waals surface area contributed by atoms with Crippen molar-refractivity contribution in [3.63, 3.8) is 0 Å². The number of benzene rings is 1. The molecule has 0 radical (unpaired) electrons. The first-order chi connectivity index (χ1) is 9.31. The van der Waals surface area contributed by atoms with Gasteiger partial charge in [0, 0.05) is 6.54 Å². The van der Waals surface area contributed by atoms with Crippen molar-refractivity contribution >= 4 is 37.8 Å². The zero-order valence-corrected chi connectivity index (χ0v) is 14.9. The van der Waals surface area contributed by atoms with E-state index in [2.05, 4.69) is 51.0 Å². The number of carboxylic acids is 1. The molecule has 1 aromatic rings. The van der Waals surface area contributed by atoms with Gasteiger partial charge in [0.25, 0.3) is 0 Å². The van der Waals surface area contributed by atoms with Gasteiger partial charge in [-0.05, 0) is 68.9 Å². The van der Waals surface area contributed by atoms with Crippen LogP contribution in [0.5, 0.6) is 5.75 Å². The Balaban J connectivity index is 2.78. The van der Waals surface area contributed by atoms with Crippen LogP contribution in [0, 0.1) is 5.92 Å². The fourth-order valence-corrected chi connectivity index (χ4v) is 3.03. The maximum atomic E-state index is 10.8. The molecule has 1 rings (SSSR count). The van der Waals surface area contributed by atoms with Gasteiger partial charge in [0.1, 0.15) is 5.75 Å². The Morgan fingerprint density at radius 2 is 1.85 bits per heavy atom. The SMILES string of the molecule is CC(C)CNCc1cc(Br)c(OC(C)C(=O)O)c(Br)c1. The normalized spacial score (nSPS) is 12.5. The van der Waals surface area contributed by atoms with E-state index in [1.165, 1.54) is 6.92 Å². The van der Waals surface area contributed by atoms with E-state index in [1.807, 2.05) is 12.1 Å². The van der Waals surface area contributed by atoms with Crippen molar-refractivity contribution in [2.24, 2.45) is 5.92 Å². The molecule has 20 heavy (non-hydrogen) atoms. The lowest BCUT2D eigenvalue weighted by Crippen LogP contribution is -2.23. The van der Waals surface area contributed by atoms with E-state index in [9.17, 15) is 4.79 Å².